The Morgan fingerprint density at radius 1 is 1.50 bits per heavy atom. The number of rotatable bonds is 4. The van der Waals surface area contributed by atoms with E-state index in [9.17, 15) is 13.2 Å². The zero-order valence-corrected chi connectivity index (χ0v) is 8.23. The van der Waals surface area contributed by atoms with Crippen LogP contribution in [0.2, 0.25) is 0 Å². The fourth-order valence-electron chi connectivity index (χ4n) is 1.35. The fraction of sp³-hybridized carbons (Fsp3) is 0.875. The molecule has 1 atom stereocenters. The molecule has 70 valence electrons. The number of ketones is 1. The molecule has 4 heteroatoms. The highest BCUT2D eigenvalue weighted by Crippen LogP contribution is 2.32. The summed E-state index contributed by atoms with van der Waals surface area (Å²) in [6.45, 7) is 1.74. The lowest BCUT2D eigenvalue weighted by atomic mass is 10.1. The second-order valence-electron chi connectivity index (χ2n) is 3.40. The Kier molecular flexibility index (Phi) is 2.56. The molecule has 1 fully saturated rings. The molecule has 1 aliphatic carbocycles. The Hall–Kier alpha value is -0.380. The van der Waals surface area contributed by atoms with Crippen molar-refractivity contribution in [2.24, 2.45) is 5.92 Å². The predicted molar refractivity (Wildman–Crippen MR) is 46.7 cm³/mol. The number of sulfone groups is 1. The molecule has 0 heterocycles. The van der Waals surface area contributed by atoms with Crippen molar-refractivity contribution >= 4 is 15.6 Å². The normalized spacial score (nSPS) is 20.5. The molecule has 0 aliphatic heterocycles. The first-order chi connectivity index (χ1) is 5.46. The molecule has 0 amide bonds. The highest BCUT2D eigenvalue weighted by Gasteiger charge is 2.38. The standard InChI is InChI=1S/C8H14O3S/c1-3-7(12(2,10)11)8(9)6-4-5-6/h6-7H,3-5H2,1-2H3/t7-/m0/s1. The quantitative estimate of drug-likeness (QED) is 0.658. The summed E-state index contributed by atoms with van der Waals surface area (Å²) in [6.07, 6.45) is 3.31. The second kappa shape index (κ2) is 3.17. The maximum Gasteiger partial charge on any atom is 0.157 e. The third kappa shape index (κ3) is 2.06. The summed E-state index contributed by atoms with van der Waals surface area (Å²) in [7, 11) is -3.17. The van der Waals surface area contributed by atoms with Gasteiger partial charge in [0.05, 0.1) is 0 Å². The van der Waals surface area contributed by atoms with Crippen molar-refractivity contribution in [2.75, 3.05) is 6.26 Å². The van der Waals surface area contributed by atoms with Gasteiger partial charge in [0.1, 0.15) is 5.25 Å². The van der Waals surface area contributed by atoms with E-state index in [4.69, 9.17) is 0 Å². The third-order valence-electron chi connectivity index (χ3n) is 2.18. The molecule has 0 aromatic rings. The lowest BCUT2D eigenvalue weighted by Gasteiger charge is -2.09. The van der Waals surface area contributed by atoms with Gasteiger partial charge in [-0.3, -0.25) is 4.79 Å². The van der Waals surface area contributed by atoms with Crippen LogP contribution in [0, 0.1) is 5.92 Å². The zero-order valence-electron chi connectivity index (χ0n) is 7.41. The summed E-state index contributed by atoms with van der Waals surface area (Å²) < 4.78 is 22.2. The Balaban J connectivity index is 2.74. The van der Waals surface area contributed by atoms with Gasteiger partial charge in [-0.25, -0.2) is 8.42 Å². The van der Waals surface area contributed by atoms with Crippen molar-refractivity contribution in [1.29, 1.82) is 0 Å². The van der Waals surface area contributed by atoms with Gasteiger partial charge in [0.25, 0.3) is 0 Å². The van der Waals surface area contributed by atoms with Crippen LogP contribution in [0.4, 0.5) is 0 Å². The van der Waals surface area contributed by atoms with E-state index < -0.39 is 15.1 Å². The average Bonchev–Trinajstić information content (AvgIpc) is 2.65. The van der Waals surface area contributed by atoms with E-state index in [1.165, 1.54) is 0 Å². The van der Waals surface area contributed by atoms with Crippen molar-refractivity contribution in [3.63, 3.8) is 0 Å². The lowest BCUT2D eigenvalue weighted by Crippen LogP contribution is -2.29. The molecule has 3 nitrogen and oxygen atoms in total. The van der Waals surface area contributed by atoms with Crippen molar-refractivity contribution in [3.05, 3.63) is 0 Å². The van der Waals surface area contributed by atoms with Gasteiger partial charge in [-0.1, -0.05) is 6.92 Å². The minimum absolute atomic E-state index is 0.0460. The van der Waals surface area contributed by atoms with Gasteiger partial charge in [-0.05, 0) is 19.3 Å². The molecule has 0 radical (unpaired) electrons. The summed E-state index contributed by atoms with van der Waals surface area (Å²) in [5, 5.41) is -0.745. The van der Waals surface area contributed by atoms with E-state index in [0.717, 1.165) is 19.1 Å². The molecule has 0 spiro atoms. The highest BCUT2D eigenvalue weighted by molar-refractivity contribution is 7.92. The van der Waals surface area contributed by atoms with E-state index in [-0.39, 0.29) is 11.7 Å². The Morgan fingerprint density at radius 3 is 2.25 bits per heavy atom. The smallest absolute Gasteiger partial charge is 0.157 e. The van der Waals surface area contributed by atoms with Crippen molar-refractivity contribution in [1.82, 2.24) is 0 Å². The summed E-state index contributed by atoms with van der Waals surface area (Å²) in [4.78, 5) is 11.4. The summed E-state index contributed by atoms with van der Waals surface area (Å²) in [6, 6.07) is 0. The first kappa shape index (κ1) is 9.71. The summed E-state index contributed by atoms with van der Waals surface area (Å²) in [5.74, 6) is -0.0234. The molecule has 1 rings (SSSR count). The van der Waals surface area contributed by atoms with Gasteiger partial charge in [-0.15, -0.1) is 0 Å². The van der Waals surface area contributed by atoms with E-state index >= 15 is 0 Å². The summed E-state index contributed by atoms with van der Waals surface area (Å²) in [5.41, 5.74) is 0. The van der Waals surface area contributed by atoms with Crippen LogP contribution in [0.5, 0.6) is 0 Å². The largest absolute Gasteiger partial charge is 0.298 e. The molecule has 12 heavy (non-hydrogen) atoms. The van der Waals surface area contributed by atoms with Crippen LogP contribution >= 0.6 is 0 Å². The number of carbonyl (C=O) groups is 1. The van der Waals surface area contributed by atoms with Crippen LogP contribution in [-0.4, -0.2) is 25.7 Å². The molecule has 0 aromatic carbocycles. The second-order valence-corrected chi connectivity index (χ2v) is 5.63. The van der Waals surface area contributed by atoms with Crippen LogP contribution in [0.1, 0.15) is 26.2 Å². The number of Topliss-reactive ketones (excluding diaryl/α,β-unsaturated/α-hetero) is 1. The van der Waals surface area contributed by atoms with Crippen molar-refractivity contribution in [3.8, 4) is 0 Å². The van der Waals surface area contributed by atoms with Gasteiger partial charge in [-0.2, -0.15) is 0 Å². The van der Waals surface area contributed by atoms with Crippen LogP contribution in [0.25, 0.3) is 0 Å². The van der Waals surface area contributed by atoms with E-state index in [0.29, 0.717) is 6.42 Å². The molecule has 0 N–H and O–H groups in total. The molecular weight excluding hydrogens is 176 g/mol. The van der Waals surface area contributed by atoms with E-state index in [1.807, 2.05) is 0 Å². The van der Waals surface area contributed by atoms with Crippen LogP contribution in [0.15, 0.2) is 0 Å². The Morgan fingerprint density at radius 2 is 2.00 bits per heavy atom. The van der Waals surface area contributed by atoms with Crippen LogP contribution in [0.3, 0.4) is 0 Å². The number of hydrogen-bond acceptors (Lipinski definition) is 3. The Bertz CT molecular complexity index is 275. The van der Waals surface area contributed by atoms with E-state index in [2.05, 4.69) is 0 Å². The topological polar surface area (TPSA) is 51.2 Å². The molecule has 1 saturated carbocycles. The maximum absolute atomic E-state index is 11.4. The molecule has 0 aromatic heterocycles. The molecule has 0 unspecified atom stereocenters. The SMILES string of the molecule is CC[C@@H](C(=O)C1CC1)S(C)(=O)=O. The number of hydrogen-bond donors (Lipinski definition) is 0. The zero-order chi connectivity index (χ0) is 9.35. The highest BCUT2D eigenvalue weighted by atomic mass is 32.2. The predicted octanol–water partition coefficient (Wildman–Crippen LogP) is 0.789. The fourth-order valence-corrected chi connectivity index (χ4v) is 2.57. The Labute approximate surface area is 73.1 Å². The molecule has 1 aliphatic rings. The van der Waals surface area contributed by atoms with Crippen LogP contribution in [-0.2, 0) is 14.6 Å². The van der Waals surface area contributed by atoms with Crippen molar-refractivity contribution in [2.45, 2.75) is 31.4 Å². The first-order valence-corrected chi connectivity index (χ1v) is 6.15. The van der Waals surface area contributed by atoms with Gasteiger partial charge < -0.3 is 0 Å². The molecular formula is C8H14O3S. The van der Waals surface area contributed by atoms with Gasteiger partial charge in [0.2, 0.25) is 0 Å². The van der Waals surface area contributed by atoms with Gasteiger partial charge >= 0.3 is 0 Å². The average molecular weight is 190 g/mol. The van der Waals surface area contributed by atoms with Gasteiger partial charge in [0.15, 0.2) is 15.6 Å². The number of carbonyl (C=O) groups excluding carboxylic acids is 1. The van der Waals surface area contributed by atoms with E-state index in [1.54, 1.807) is 6.92 Å². The minimum Gasteiger partial charge on any atom is -0.298 e. The first-order valence-electron chi connectivity index (χ1n) is 4.19. The maximum atomic E-state index is 11.4. The summed E-state index contributed by atoms with van der Waals surface area (Å²) >= 11 is 0. The van der Waals surface area contributed by atoms with Gasteiger partial charge in [0, 0.05) is 12.2 Å². The monoisotopic (exact) mass is 190 g/mol. The molecule has 0 bridgehead atoms. The third-order valence-corrected chi connectivity index (χ3v) is 3.78. The van der Waals surface area contributed by atoms with Crippen LogP contribution < -0.4 is 0 Å². The molecule has 0 saturated heterocycles. The van der Waals surface area contributed by atoms with Crippen molar-refractivity contribution < 1.29 is 13.2 Å². The minimum atomic E-state index is -3.17. The lowest BCUT2D eigenvalue weighted by molar-refractivity contribution is -0.119.